The number of nitrogens with two attached hydrogens (primary N) is 1. The number of amides is 2. The van der Waals surface area contributed by atoms with Crippen LogP contribution in [0.15, 0.2) is 52.5 Å². The number of hydrogen-bond donors (Lipinski definition) is 3. The maximum Gasteiger partial charge on any atom is 0.416 e. The van der Waals surface area contributed by atoms with Gasteiger partial charge in [-0.3, -0.25) is 14.3 Å². The highest BCUT2D eigenvalue weighted by atomic mass is 32.2. The minimum atomic E-state index is -5.00. The number of primary amides is 1. The van der Waals surface area contributed by atoms with E-state index in [1.165, 1.54) is 10.9 Å². The average molecular weight is 643 g/mol. The molecular formula is C28H28F6N6O3S. The Labute approximate surface area is 251 Å². The Kier molecular flexibility index (Phi) is 10.1. The van der Waals surface area contributed by atoms with Gasteiger partial charge in [-0.2, -0.15) is 36.4 Å². The number of rotatable bonds is 11. The zero-order valence-electron chi connectivity index (χ0n) is 23.2. The van der Waals surface area contributed by atoms with E-state index in [0.717, 1.165) is 17.8 Å². The fraction of sp³-hybridized carbons (Fsp3) is 0.357. The third kappa shape index (κ3) is 7.98. The summed E-state index contributed by atoms with van der Waals surface area (Å²) in [6, 6.07) is 6.23. The normalized spacial score (nSPS) is 15.7. The first-order chi connectivity index (χ1) is 20.7. The summed E-state index contributed by atoms with van der Waals surface area (Å²) in [4.78, 5) is 30.0. The number of aliphatic hydroxyl groups excluding tert-OH is 1. The third-order valence-corrected chi connectivity index (χ3v) is 7.93. The van der Waals surface area contributed by atoms with Gasteiger partial charge in [0.25, 0.3) is 5.91 Å². The predicted octanol–water partition coefficient (Wildman–Crippen LogP) is 4.24. The van der Waals surface area contributed by atoms with E-state index >= 15 is 0 Å². The van der Waals surface area contributed by atoms with Crippen LogP contribution in [-0.2, 0) is 28.5 Å². The summed E-state index contributed by atoms with van der Waals surface area (Å²) in [7, 11) is 1.75. The lowest BCUT2D eigenvalue weighted by Gasteiger charge is -2.29. The predicted molar refractivity (Wildman–Crippen MR) is 153 cm³/mol. The molecule has 1 unspecified atom stereocenters. The molecule has 236 valence electrons. The lowest BCUT2D eigenvalue weighted by atomic mass is 10.0. The van der Waals surface area contributed by atoms with E-state index in [9.17, 15) is 41.0 Å². The van der Waals surface area contributed by atoms with Gasteiger partial charge in [0, 0.05) is 31.6 Å². The lowest BCUT2D eigenvalue weighted by molar-refractivity contribution is -0.143. The van der Waals surface area contributed by atoms with Gasteiger partial charge in [0.2, 0.25) is 5.91 Å². The number of aliphatic hydroxyl groups is 1. The zero-order chi connectivity index (χ0) is 32.2. The molecule has 2 amide bonds. The number of carbonyl (C=O) groups excluding carboxylic acids is 2. The summed E-state index contributed by atoms with van der Waals surface area (Å²) < 4.78 is 81.3. The molecule has 9 nitrogen and oxygen atoms in total. The Balaban J connectivity index is 1.52. The second-order valence-electron chi connectivity index (χ2n) is 10.0. The van der Waals surface area contributed by atoms with Crippen molar-refractivity contribution in [2.75, 3.05) is 26.7 Å². The number of nitrogens with zero attached hydrogens (tertiary/aromatic N) is 4. The molecule has 2 aromatic carbocycles. The quantitative estimate of drug-likeness (QED) is 0.211. The standard InChI is InChI=1S/C28H28F6N6O3S/c1-39(20(3-2-8-41)13-36-14-24(35)42)26-38-25(43)23(44-26)10-16-4-7-22-18(9-16)12-37-40(22)15-17-5-6-19(27(29,30)31)11-21(17)28(32,33)34/h4-7,9-12,20,36,41H,2-3,8,13-15H2,1H3,(H2,35,42). The Morgan fingerprint density at radius 1 is 1.16 bits per heavy atom. The smallest absolute Gasteiger partial charge is 0.396 e. The summed E-state index contributed by atoms with van der Waals surface area (Å²) in [6.45, 7) is -0.110. The fourth-order valence-corrected chi connectivity index (χ4v) is 5.56. The molecule has 1 aromatic heterocycles. The van der Waals surface area contributed by atoms with Crippen LogP contribution in [0.1, 0.15) is 35.1 Å². The summed E-state index contributed by atoms with van der Waals surface area (Å²) >= 11 is 1.14. The Hall–Kier alpha value is -3.89. The van der Waals surface area contributed by atoms with E-state index in [1.807, 2.05) is 0 Å². The molecule has 3 aromatic rings. The first-order valence-corrected chi connectivity index (χ1v) is 14.1. The molecule has 4 rings (SSSR count). The van der Waals surface area contributed by atoms with E-state index in [1.54, 1.807) is 36.2 Å². The molecule has 4 N–H and O–H groups in total. The Bertz CT molecular complexity index is 1600. The van der Waals surface area contributed by atoms with Crippen LogP contribution in [0.2, 0.25) is 0 Å². The van der Waals surface area contributed by atoms with Crippen LogP contribution in [0.25, 0.3) is 17.0 Å². The number of amidine groups is 1. The maximum atomic E-state index is 13.6. The first kappa shape index (κ1) is 33.0. The average Bonchev–Trinajstić information content (AvgIpc) is 3.51. The number of nitrogens with one attached hydrogen (secondary N) is 1. The van der Waals surface area contributed by atoms with Crippen molar-refractivity contribution >= 4 is 45.7 Å². The van der Waals surface area contributed by atoms with Crippen LogP contribution in [0.4, 0.5) is 26.3 Å². The summed E-state index contributed by atoms with van der Waals surface area (Å²) in [5, 5.41) is 17.3. The van der Waals surface area contributed by atoms with Gasteiger partial charge in [-0.25, -0.2) is 0 Å². The van der Waals surface area contributed by atoms with Gasteiger partial charge in [-0.05, 0) is 66.1 Å². The topological polar surface area (TPSA) is 126 Å². The van der Waals surface area contributed by atoms with E-state index in [-0.39, 0.29) is 30.8 Å². The molecule has 2 heterocycles. The number of benzene rings is 2. The van der Waals surface area contributed by atoms with Gasteiger partial charge in [-0.1, -0.05) is 12.1 Å². The molecule has 1 aliphatic heterocycles. The second kappa shape index (κ2) is 13.4. The molecule has 0 fully saturated rings. The van der Waals surface area contributed by atoms with Gasteiger partial charge < -0.3 is 21.1 Å². The highest BCUT2D eigenvalue weighted by Gasteiger charge is 2.38. The van der Waals surface area contributed by atoms with Crippen LogP contribution in [-0.4, -0.2) is 69.6 Å². The molecule has 0 spiro atoms. The molecule has 1 atom stereocenters. The monoisotopic (exact) mass is 642 g/mol. The number of halogens is 6. The van der Waals surface area contributed by atoms with Crippen molar-refractivity contribution in [3.05, 3.63) is 69.8 Å². The van der Waals surface area contributed by atoms with Crippen molar-refractivity contribution in [3.63, 3.8) is 0 Å². The molecule has 0 saturated heterocycles. The number of aliphatic imine (C=N–C) groups is 1. The number of carbonyl (C=O) groups is 2. The van der Waals surface area contributed by atoms with Gasteiger partial charge in [0.15, 0.2) is 5.17 Å². The number of hydrogen-bond acceptors (Lipinski definition) is 7. The van der Waals surface area contributed by atoms with Crippen LogP contribution in [0.5, 0.6) is 0 Å². The Morgan fingerprint density at radius 3 is 2.57 bits per heavy atom. The van der Waals surface area contributed by atoms with Gasteiger partial charge in [0.05, 0.1) is 40.8 Å². The molecule has 0 saturated carbocycles. The molecule has 16 heteroatoms. The highest BCUT2D eigenvalue weighted by molar-refractivity contribution is 8.18. The minimum absolute atomic E-state index is 0.0277. The summed E-state index contributed by atoms with van der Waals surface area (Å²) in [6.07, 6.45) is -5.85. The van der Waals surface area contributed by atoms with Crippen molar-refractivity contribution in [1.29, 1.82) is 0 Å². The third-order valence-electron chi connectivity index (χ3n) is 6.86. The fourth-order valence-electron chi connectivity index (χ4n) is 4.62. The van der Waals surface area contributed by atoms with Crippen molar-refractivity contribution in [2.24, 2.45) is 10.7 Å². The van der Waals surface area contributed by atoms with Crippen LogP contribution in [0, 0.1) is 0 Å². The molecule has 0 bridgehead atoms. The van der Waals surface area contributed by atoms with Crippen molar-refractivity contribution in [3.8, 4) is 0 Å². The SMILES string of the molecule is CN(C1=NC(=O)C(=Cc2ccc3c(cnn3Cc3ccc(C(F)(F)F)cc3C(F)(F)F)c2)S1)C(CCCO)CNCC(N)=O. The first-order valence-electron chi connectivity index (χ1n) is 13.3. The number of fused-ring (bicyclic) bond motifs is 1. The van der Waals surface area contributed by atoms with Crippen molar-refractivity contribution in [2.45, 2.75) is 37.8 Å². The van der Waals surface area contributed by atoms with Crippen LogP contribution >= 0.6 is 11.8 Å². The van der Waals surface area contributed by atoms with Crippen LogP contribution < -0.4 is 11.1 Å². The van der Waals surface area contributed by atoms with Crippen LogP contribution in [0.3, 0.4) is 0 Å². The summed E-state index contributed by atoms with van der Waals surface area (Å²) in [5.41, 5.74) is 3.06. The molecule has 44 heavy (non-hydrogen) atoms. The molecule has 0 aliphatic carbocycles. The van der Waals surface area contributed by atoms with Crippen molar-refractivity contribution in [1.82, 2.24) is 20.0 Å². The van der Waals surface area contributed by atoms with Crippen molar-refractivity contribution < 1.29 is 41.0 Å². The molecule has 1 aliphatic rings. The highest BCUT2D eigenvalue weighted by Crippen LogP contribution is 2.38. The van der Waals surface area contributed by atoms with E-state index in [4.69, 9.17) is 5.73 Å². The maximum absolute atomic E-state index is 13.6. The van der Waals surface area contributed by atoms with Gasteiger partial charge >= 0.3 is 12.4 Å². The van der Waals surface area contributed by atoms with E-state index < -0.39 is 41.8 Å². The Morgan fingerprint density at radius 2 is 1.91 bits per heavy atom. The largest absolute Gasteiger partial charge is 0.416 e. The second-order valence-corrected chi connectivity index (χ2v) is 11.0. The lowest BCUT2D eigenvalue weighted by Crippen LogP contribution is -2.44. The summed E-state index contributed by atoms with van der Waals surface area (Å²) in [5.74, 6) is -0.990. The zero-order valence-corrected chi connectivity index (χ0v) is 24.1. The number of likely N-dealkylation sites (N-methyl/N-ethyl adjacent to an activating group) is 1. The number of alkyl halides is 6. The minimum Gasteiger partial charge on any atom is -0.396 e. The number of thioether (sulfide) groups is 1. The number of aromatic nitrogens is 2. The van der Waals surface area contributed by atoms with Gasteiger partial charge in [0.1, 0.15) is 0 Å². The van der Waals surface area contributed by atoms with E-state index in [2.05, 4.69) is 15.4 Å². The molecule has 0 radical (unpaired) electrons. The van der Waals surface area contributed by atoms with E-state index in [0.29, 0.717) is 52.0 Å². The van der Waals surface area contributed by atoms with Gasteiger partial charge in [-0.15, -0.1) is 0 Å². The molecular weight excluding hydrogens is 614 g/mol.